The van der Waals surface area contributed by atoms with Crippen LogP contribution in [0.25, 0.3) is 0 Å². The molecule has 1 amide bonds. The van der Waals surface area contributed by atoms with Gasteiger partial charge in [0.05, 0.1) is 12.2 Å². The van der Waals surface area contributed by atoms with E-state index >= 15 is 0 Å². The fraction of sp³-hybridized carbons (Fsp3) is 0.333. The minimum atomic E-state index is -0.119. The van der Waals surface area contributed by atoms with Crippen LogP contribution in [0.15, 0.2) is 36.7 Å². The summed E-state index contributed by atoms with van der Waals surface area (Å²) in [5.41, 5.74) is 0.566. The first-order valence-electron chi connectivity index (χ1n) is 6.70. The standard InChI is InChI=1S/C15H19N3O2/c1-3-20-14-7-5-4-6-13(14)15(19)17-9-11-18-10-8-16-12(18)2/h4-8,10H,3,9,11H2,1-2H3,(H,17,19). The van der Waals surface area contributed by atoms with Gasteiger partial charge in [0.1, 0.15) is 11.6 Å². The number of aromatic nitrogens is 2. The molecular weight excluding hydrogens is 254 g/mol. The predicted molar refractivity (Wildman–Crippen MR) is 76.9 cm³/mol. The zero-order valence-corrected chi connectivity index (χ0v) is 11.8. The Morgan fingerprint density at radius 2 is 2.20 bits per heavy atom. The van der Waals surface area contributed by atoms with Gasteiger partial charge < -0.3 is 14.6 Å². The van der Waals surface area contributed by atoms with Gasteiger partial charge in [-0.25, -0.2) is 4.98 Å². The number of nitrogens with one attached hydrogen (secondary N) is 1. The maximum Gasteiger partial charge on any atom is 0.255 e. The van der Waals surface area contributed by atoms with Crippen LogP contribution in [0.5, 0.6) is 5.75 Å². The lowest BCUT2D eigenvalue weighted by Crippen LogP contribution is -2.27. The number of hydrogen-bond donors (Lipinski definition) is 1. The molecule has 0 spiro atoms. The molecule has 0 radical (unpaired) electrons. The number of nitrogens with zero attached hydrogens (tertiary/aromatic N) is 2. The molecule has 5 heteroatoms. The number of benzene rings is 1. The Bertz CT molecular complexity index is 578. The quantitative estimate of drug-likeness (QED) is 0.876. The van der Waals surface area contributed by atoms with Crippen molar-refractivity contribution in [2.45, 2.75) is 20.4 Å². The van der Waals surface area contributed by atoms with Gasteiger partial charge >= 0.3 is 0 Å². The second-order valence-electron chi connectivity index (χ2n) is 4.35. The highest BCUT2D eigenvalue weighted by atomic mass is 16.5. The minimum Gasteiger partial charge on any atom is -0.493 e. The number of rotatable bonds is 6. The first-order valence-corrected chi connectivity index (χ1v) is 6.70. The summed E-state index contributed by atoms with van der Waals surface area (Å²) in [4.78, 5) is 16.3. The van der Waals surface area contributed by atoms with E-state index in [9.17, 15) is 4.79 Å². The molecule has 0 saturated heterocycles. The molecule has 0 unspecified atom stereocenters. The van der Waals surface area contributed by atoms with Gasteiger partial charge in [-0.1, -0.05) is 12.1 Å². The van der Waals surface area contributed by atoms with E-state index < -0.39 is 0 Å². The second-order valence-corrected chi connectivity index (χ2v) is 4.35. The topological polar surface area (TPSA) is 56.1 Å². The van der Waals surface area contributed by atoms with Crippen molar-refractivity contribution in [2.75, 3.05) is 13.2 Å². The van der Waals surface area contributed by atoms with E-state index in [1.54, 1.807) is 18.3 Å². The number of imidazole rings is 1. The minimum absolute atomic E-state index is 0.119. The SMILES string of the molecule is CCOc1ccccc1C(=O)NCCn1ccnc1C. The van der Waals surface area contributed by atoms with Crippen molar-refractivity contribution in [3.05, 3.63) is 48.0 Å². The van der Waals surface area contributed by atoms with Crippen LogP contribution in [0.1, 0.15) is 23.1 Å². The molecule has 106 valence electrons. The lowest BCUT2D eigenvalue weighted by molar-refractivity contribution is 0.0948. The van der Waals surface area contributed by atoms with Gasteiger partial charge in [0, 0.05) is 25.5 Å². The highest BCUT2D eigenvalue weighted by Gasteiger charge is 2.11. The van der Waals surface area contributed by atoms with Gasteiger partial charge in [-0.3, -0.25) is 4.79 Å². The summed E-state index contributed by atoms with van der Waals surface area (Å²) in [7, 11) is 0. The Kier molecular flexibility index (Phi) is 4.76. The third-order valence-electron chi connectivity index (χ3n) is 2.99. The monoisotopic (exact) mass is 273 g/mol. The number of amides is 1. The van der Waals surface area contributed by atoms with Gasteiger partial charge in [0.2, 0.25) is 0 Å². The molecule has 0 atom stereocenters. The molecule has 0 bridgehead atoms. The fourth-order valence-corrected chi connectivity index (χ4v) is 1.96. The molecule has 20 heavy (non-hydrogen) atoms. The smallest absolute Gasteiger partial charge is 0.255 e. The summed E-state index contributed by atoms with van der Waals surface area (Å²) in [6, 6.07) is 7.26. The van der Waals surface area contributed by atoms with Crippen molar-refractivity contribution in [1.29, 1.82) is 0 Å². The van der Waals surface area contributed by atoms with Crippen LogP contribution < -0.4 is 10.1 Å². The van der Waals surface area contributed by atoms with Crippen molar-refractivity contribution in [3.63, 3.8) is 0 Å². The summed E-state index contributed by atoms with van der Waals surface area (Å²) in [6.45, 7) is 5.63. The first kappa shape index (κ1) is 14.1. The Balaban J connectivity index is 1.93. The van der Waals surface area contributed by atoms with Crippen LogP contribution in [-0.2, 0) is 6.54 Å². The zero-order valence-electron chi connectivity index (χ0n) is 11.8. The summed E-state index contributed by atoms with van der Waals surface area (Å²) in [5.74, 6) is 1.44. The number of aryl methyl sites for hydroxylation is 1. The van der Waals surface area contributed by atoms with Crippen molar-refractivity contribution >= 4 is 5.91 Å². The summed E-state index contributed by atoms with van der Waals surface area (Å²) in [5, 5.41) is 2.90. The maximum absolute atomic E-state index is 12.1. The van der Waals surface area contributed by atoms with E-state index in [-0.39, 0.29) is 5.91 Å². The number of para-hydroxylation sites is 1. The first-order chi connectivity index (χ1) is 9.72. The number of carbonyl (C=O) groups is 1. The average Bonchev–Trinajstić information content (AvgIpc) is 2.85. The second kappa shape index (κ2) is 6.75. The Morgan fingerprint density at radius 3 is 2.90 bits per heavy atom. The summed E-state index contributed by atoms with van der Waals surface area (Å²) < 4.78 is 7.45. The maximum atomic E-state index is 12.1. The van der Waals surface area contributed by atoms with Gasteiger partial charge in [-0.15, -0.1) is 0 Å². The van der Waals surface area contributed by atoms with Crippen molar-refractivity contribution in [2.24, 2.45) is 0 Å². The molecule has 2 rings (SSSR count). The highest BCUT2D eigenvalue weighted by molar-refractivity contribution is 5.96. The van der Waals surface area contributed by atoms with Crippen molar-refractivity contribution in [1.82, 2.24) is 14.9 Å². The van der Waals surface area contributed by atoms with E-state index in [1.165, 1.54) is 0 Å². The molecule has 0 aliphatic carbocycles. The largest absolute Gasteiger partial charge is 0.493 e. The Morgan fingerprint density at radius 1 is 1.40 bits per heavy atom. The van der Waals surface area contributed by atoms with Crippen molar-refractivity contribution < 1.29 is 9.53 Å². The predicted octanol–water partition coefficient (Wildman–Crippen LogP) is 2.02. The van der Waals surface area contributed by atoms with E-state index in [4.69, 9.17) is 4.74 Å². The average molecular weight is 273 g/mol. The number of ether oxygens (including phenoxy) is 1. The van der Waals surface area contributed by atoms with E-state index in [1.807, 2.05) is 36.7 Å². The van der Waals surface area contributed by atoms with Gasteiger partial charge in [-0.2, -0.15) is 0 Å². The van der Waals surface area contributed by atoms with Gasteiger partial charge in [-0.05, 0) is 26.0 Å². The van der Waals surface area contributed by atoms with Crippen LogP contribution in [-0.4, -0.2) is 28.6 Å². The van der Waals surface area contributed by atoms with Crippen molar-refractivity contribution in [3.8, 4) is 5.75 Å². The Hall–Kier alpha value is -2.30. The number of hydrogen-bond acceptors (Lipinski definition) is 3. The molecule has 1 heterocycles. The molecule has 0 aliphatic heterocycles. The lowest BCUT2D eigenvalue weighted by Gasteiger charge is -2.11. The molecule has 0 aliphatic rings. The fourth-order valence-electron chi connectivity index (χ4n) is 1.96. The zero-order chi connectivity index (χ0) is 14.4. The summed E-state index contributed by atoms with van der Waals surface area (Å²) >= 11 is 0. The molecule has 1 N–H and O–H groups in total. The molecule has 0 fully saturated rings. The lowest BCUT2D eigenvalue weighted by atomic mass is 10.2. The van der Waals surface area contributed by atoms with E-state index in [0.717, 1.165) is 5.82 Å². The third-order valence-corrected chi connectivity index (χ3v) is 2.99. The Labute approximate surface area is 118 Å². The van der Waals surface area contributed by atoms with E-state index in [2.05, 4.69) is 10.3 Å². The normalized spacial score (nSPS) is 10.3. The van der Waals surface area contributed by atoms with Crippen LogP contribution >= 0.6 is 0 Å². The van der Waals surface area contributed by atoms with Crippen LogP contribution in [0, 0.1) is 6.92 Å². The molecule has 0 saturated carbocycles. The molecule has 2 aromatic rings. The highest BCUT2D eigenvalue weighted by Crippen LogP contribution is 2.17. The van der Waals surface area contributed by atoms with E-state index in [0.29, 0.717) is 31.0 Å². The molecule has 1 aromatic heterocycles. The van der Waals surface area contributed by atoms with Crippen LogP contribution in [0.2, 0.25) is 0 Å². The van der Waals surface area contributed by atoms with Crippen LogP contribution in [0.4, 0.5) is 0 Å². The number of carbonyl (C=O) groups excluding carboxylic acids is 1. The third kappa shape index (κ3) is 3.38. The molecule has 5 nitrogen and oxygen atoms in total. The molecular formula is C15H19N3O2. The van der Waals surface area contributed by atoms with Crippen LogP contribution in [0.3, 0.4) is 0 Å². The molecule has 1 aromatic carbocycles. The van der Waals surface area contributed by atoms with Gasteiger partial charge in [0.25, 0.3) is 5.91 Å². The van der Waals surface area contributed by atoms with Gasteiger partial charge in [0.15, 0.2) is 0 Å². The summed E-state index contributed by atoms with van der Waals surface area (Å²) in [6.07, 6.45) is 3.65.